The lowest BCUT2D eigenvalue weighted by molar-refractivity contribution is 0.476. The fraction of sp³-hybridized carbons (Fsp3) is 0.231. The molecule has 2 aromatic carbocycles. The van der Waals surface area contributed by atoms with Crippen molar-refractivity contribution in [1.82, 2.24) is 0 Å². The van der Waals surface area contributed by atoms with Crippen molar-refractivity contribution in [3.8, 4) is 0 Å². The Labute approximate surface area is 106 Å². The molecule has 0 aliphatic rings. The fourth-order valence-corrected chi connectivity index (χ4v) is 2.66. The molecule has 96 valence electrons. The number of hydrogen-bond acceptors (Lipinski definition) is 3. The minimum Gasteiger partial charge on any atom is -0.326 e. The van der Waals surface area contributed by atoms with Gasteiger partial charge in [-0.15, -0.1) is 0 Å². The first kappa shape index (κ1) is 13.0. The van der Waals surface area contributed by atoms with Crippen molar-refractivity contribution in [2.45, 2.75) is 12.5 Å². The van der Waals surface area contributed by atoms with E-state index in [2.05, 4.69) is 0 Å². The van der Waals surface area contributed by atoms with E-state index in [9.17, 15) is 8.42 Å². The number of benzene rings is 2. The van der Waals surface area contributed by atoms with Crippen LogP contribution >= 0.6 is 0 Å². The van der Waals surface area contributed by atoms with Gasteiger partial charge in [0.25, 0.3) is 10.1 Å². The van der Waals surface area contributed by atoms with Gasteiger partial charge in [0.2, 0.25) is 0 Å². The molecule has 0 aromatic heterocycles. The zero-order valence-electron chi connectivity index (χ0n) is 9.78. The van der Waals surface area contributed by atoms with E-state index in [4.69, 9.17) is 10.3 Å². The van der Waals surface area contributed by atoms with Gasteiger partial charge in [0.05, 0.1) is 5.75 Å². The summed E-state index contributed by atoms with van der Waals surface area (Å²) in [6.07, 6.45) is 0.421. The Morgan fingerprint density at radius 1 is 1.11 bits per heavy atom. The SMILES string of the molecule is N[C@H](Cc1ccc2ccccc2c1)CS(=O)(=O)O. The van der Waals surface area contributed by atoms with E-state index in [1.165, 1.54) is 0 Å². The van der Waals surface area contributed by atoms with Gasteiger partial charge in [-0.25, -0.2) is 0 Å². The molecule has 4 nitrogen and oxygen atoms in total. The summed E-state index contributed by atoms with van der Waals surface area (Å²) in [6.45, 7) is 0. The Morgan fingerprint density at radius 2 is 1.78 bits per heavy atom. The van der Waals surface area contributed by atoms with E-state index in [1.54, 1.807) is 0 Å². The highest BCUT2D eigenvalue weighted by Gasteiger charge is 2.13. The molecule has 1 atom stereocenters. The van der Waals surface area contributed by atoms with Crippen LogP contribution < -0.4 is 5.73 Å². The predicted octanol–water partition coefficient (Wildman–Crippen LogP) is 1.60. The first-order valence-corrected chi connectivity index (χ1v) is 7.23. The van der Waals surface area contributed by atoms with Crippen LogP contribution in [0.2, 0.25) is 0 Å². The lowest BCUT2D eigenvalue weighted by atomic mass is 10.0. The monoisotopic (exact) mass is 265 g/mol. The Hall–Kier alpha value is -1.43. The fourth-order valence-electron chi connectivity index (χ4n) is 2.00. The first-order valence-electron chi connectivity index (χ1n) is 5.62. The van der Waals surface area contributed by atoms with Gasteiger partial charge in [-0.1, -0.05) is 42.5 Å². The first-order chi connectivity index (χ1) is 8.44. The van der Waals surface area contributed by atoms with Crippen LogP contribution in [0.25, 0.3) is 10.8 Å². The maximum Gasteiger partial charge on any atom is 0.266 e. The molecule has 2 rings (SSSR count). The maximum atomic E-state index is 10.7. The second kappa shape index (κ2) is 5.06. The summed E-state index contributed by atoms with van der Waals surface area (Å²) >= 11 is 0. The van der Waals surface area contributed by atoms with Crippen LogP contribution in [0.15, 0.2) is 42.5 Å². The molecule has 0 fully saturated rings. The number of hydrogen-bond donors (Lipinski definition) is 2. The van der Waals surface area contributed by atoms with Gasteiger partial charge in [0.1, 0.15) is 0 Å². The Balaban J connectivity index is 2.17. The van der Waals surface area contributed by atoms with E-state index in [-0.39, 0.29) is 0 Å². The van der Waals surface area contributed by atoms with Crippen molar-refractivity contribution in [2.75, 3.05) is 5.75 Å². The molecule has 0 saturated carbocycles. The molecule has 0 unspecified atom stereocenters. The summed E-state index contributed by atoms with van der Waals surface area (Å²) in [5.41, 5.74) is 6.66. The molecule has 0 saturated heterocycles. The molecule has 0 aliphatic heterocycles. The van der Waals surface area contributed by atoms with Gasteiger partial charge in [-0.05, 0) is 22.8 Å². The van der Waals surface area contributed by atoms with Crippen molar-refractivity contribution >= 4 is 20.9 Å². The molecule has 0 spiro atoms. The highest BCUT2D eigenvalue weighted by molar-refractivity contribution is 7.85. The maximum absolute atomic E-state index is 10.7. The molecule has 0 amide bonds. The van der Waals surface area contributed by atoms with Gasteiger partial charge < -0.3 is 5.73 Å². The van der Waals surface area contributed by atoms with Crippen LogP contribution in [0, 0.1) is 0 Å². The van der Waals surface area contributed by atoms with Crippen molar-refractivity contribution in [2.24, 2.45) is 5.73 Å². The smallest absolute Gasteiger partial charge is 0.266 e. The number of fused-ring (bicyclic) bond motifs is 1. The Kier molecular flexibility index (Phi) is 3.65. The zero-order valence-corrected chi connectivity index (χ0v) is 10.6. The molecule has 0 radical (unpaired) electrons. The van der Waals surface area contributed by atoms with Crippen LogP contribution in [0.1, 0.15) is 5.56 Å². The zero-order chi connectivity index (χ0) is 13.2. The molecule has 0 bridgehead atoms. The van der Waals surface area contributed by atoms with E-state index < -0.39 is 21.9 Å². The van der Waals surface area contributed by atoms with Crippen LogP contribution in [0.4, 0.5) is 0 Å². The molecule has 0 heterocycles. The molecular weight excluding hydrogens is 250 g/mol. The van der Waals surface area contributed by atoms with Gasteiger partial charge in [-0.3, -0.25) is 4.55 Å². The van der Waals surface area contributed by atoms with E-state index in [0.29, 0.717) is 6.42 Å². The molecule has 5 heteroatoms. The third-order valence-corrected chi connectivity index (χ3v) is 3.59. The second-order valence-corrected chi connectivity index (χ2v) is 5.89. The molecule has 0 aliphatic carbocycles. The van der Waals surface area contributed by atoms with Gasteiger partial charge in [0.15, 0.2) is 0 Å². The highest BCUT2D eigenvalue weighted by atomic mass is 32.2. The van der Waals surface area contributed by atoms with Crippen LogP contribution in [-0.2, 0) is 16.5 Å². The van der Waals surface area contributed by atoms with Gasteiger partial charge >= 0.3 is 0 Å². The van der Waals surface area contributed by atoms with Gasteiger partial charge in [-0.2, -0.15) is 8.42 Å². The number of rotatable bonds is 4. The quantitative estimate of drug-likeness (QED) is 0.823. The second-order valence-electron chi connectivity index (χ2n) is 4.39. The summed E-state index contributed by atoms with van der Waals surface area (Å²) in [6, 6.07) is 13.2. The predicted molar refractivity (Wildman–Crippen MR) is 72.0 cm³/mol. The normalized spacial score (nSPS) is 13.7. The summed E-state index contributed by atoms with van der Waals surface area (Å²) in [5.74, 6) is -0.417. The summed E-state index contributed by atoms with van der Waals surface area (Å²) in [5, 5.41) is 2.22. The Bertz CT molecular complexity index is 652. The van der Waals surface area contributed by atoms with Crippen molar-refractivity contribution < 1.29 is 13.0 Å². The Morgan fingerprint density at radius 3 is 2.44 bits per heavy atom. The minimum absolute atomic E-state index is 0.417. The van der Waals surface area contributed by atoms with Gasteiger partial charge in [0, 0.05) is 6.04 Å². The van der Waals surface area contributed by atoms with Crippen molar-refractivity contribution in [3.05, 3.63) is 48.0 Å². The molecule has 18 heavy (non-hydrogen) atoms. The van der Waals surface area contributed by atoms with E-state index >= 15 is 0 Å². The lowest BCUT2D eigenvalue weighted by Crippen LogP contribution is -2.31. The van der Waals surface area contributed by atoms with Crippen LogP contribution in [0.5, 0.6) is 0 Å². The molecule has 2 aromatic rings. The average molecular weight is 265 g/mol. The highest BCUT2D eigenvalue weighted by Crippen LogP contribution is 2.16. The van der Waals surface area contributed by atoms with Crippen molar-refractivity contribution in [1.29, 1.82) is 0 Å². The summed E-state index contributed by atoms with van der Waals surface area (Å²) in [7, 11) is -4.01. The average Bonchev–Trinajstić information content (AvgIpc) is 2.26. The van der Waals surface area contributed by atoms with Crippen molar-refractivity contribution in [3.63, 3.8) is 0 Å². The number of nitrogens with two attached hydrogens (primary N) is 1. The third kappa shape index (κ3) is 3.53. The molecule has 3 N–H and O–H groups in total. The lowest BCUT2D eigenvalue weighted by Gasteiger charge is -2.10. The summed E-state index contributed by atoms with van der Waals surface area (Å²) in [4.78, 5) is 0. The molecular formula is C13H15NO3S. The topological polar surface area (TPSA) is 80.4 Å². The van der Waals surface area contributed by atoms with Crippen LogP contribution in [0.3, 0.4) is 0 Å². The summed E-state index contributed by atoms with van der Waals surface area (Å²) < 4.78 is 30.2. The van der Waals surface area contributed by atoms with E-state index in [1.807, 2.05) is 42.5 Å². The van der Waals surface area contributed by atoms with E-state index in [0.717, 1.165) is 16.3 Å². The largest absolute Gasteiger partial charge is 0.326 e. The minimum atomic E-state index is -4.01. The van der Waals surface area contributed by atoms with Crippen LogP contribution in [-0.4, -0.2) is 24.8 Å². The third-order valence-electron chi connectivity index (χ3n) is 2.74. The standard InChI is InChI=1S/C13H15NO3S/c14-13(9-18(15,16)17)8-10-5-6-11-3-1-2-4-12(11)7-10/h1-7,13H,8-9,14H2,(H,15,16,17)/t13-/m1/s1.